The standard InChI is InChI=1S/C25H25N3O4/c1-18(24(29)27-21-10-14-22(31-2)15-11-21)25(30)28-26-16-19-8-12-23(13-9-19)32-17-20-6-4-3-5-7-20/h3-16,18H,17H2,1-2H3,(H,27,29)(H,28,30). The van der Waals surface area contributed by atoms with E-state index in [9.17, 15) is 9.59 Å². The second-order valence-corrected chi connectivity index (χ2v) is 7.02. The van der Waals surface area contributed by atoms with Crippen molar-refractivity contribution >= 4 is 23.7 Å². The highest BCUT2D eigenvalue weighted by atomic mass is 16.5. The van der Waals surface area contributed by atoms with Crippen molar-refractivity contribution in [1.29, 1.82) is 0 Å². The van der Waals surface area contributed by atoms with Gasteiger partial charge in [-0.3, -0.25) is 9.59 Å². The van der Waals surface area contributed by atoms with Gasteiger partial charge < -0.3 is 14.8 Å². The highest BCUT2D eigenvalue weighted by molar-refractivity contribution is 6.06. The molecule has 7 nitrogen and oxygen atoms in total. The molecule has 0 aliphatic carbocycles. The van der Waals surface area contributed by atoms with E-state index in [1.54, 1.807) is 31.4 Å². The van der Waals surface area contributed by atoms with Crippen LogP contribution in [0.1, 0.15) is 18.1 Å². The van der Waals surface area contributed by atoms with Crippen LogP contribution in [0.2, 0.25) is 0 Å². The number of nitrogens with one attached hydrogen (secondary N) is 2. The Morgan fingerprint density at radius 2 is 1.56 bits per heavy atom. The SMILES string of the molecule is COc1ccc(NC(=O)C(C)C(=O)NN=Cc2ccc(OCc3ccccc3)cc2)cc1. The van der Waals surface area contributed by atoms with E-state index in [-0.39, 0.29) is 0 Å². The summed E-state index contributed by atoms with van der Waals surface area (Å²) in [5, 5.41) is 6.63. The lowest BCUT2D eigenvalue weighted by atomic mass is 10.1. The molecular weight excluding hydrogens is 406 g/mol. The number of rotatable bonds is 9. The summed E-state index contributed by atoms with van der Waals surface area (Å²) in [5.74, 6) is -0.432. The molecule has 0 aliphatic rings. The highest BCUT2D eigenvalue weighted by Crippen LogP contribution is 2.16. The third kappa shape index (κ3) is 6.70. The lowest BCUT2D eigenvalue weighted by Crippen LogP contribution is -2.34. The van der Waals surface area contributed by atoms with Crippen LogP contribution in [0.5, 0.6) is 11.5 Å². The van der Waals surface area contributed by atoms with E-state index < -0.39 is 17.7 Å². The van der Waals surface area contributed by atoms with Gasteiger partial charge >= 0.3 is 0 Å². The predicted octanol–water partition coefficient (Wildman–Crippen LogP) is 4.00. The minimum Gasteiger partial charge on any atom is -0.497 e. The third-order valence-corrected chi connectivity index (χ3v) is 4.66. The van der Waals surface area contributed by atoms with E-state index in [0.717, 1.165) is 16.9 Å². The number of carbonyl (C=O) groups is 2. The second-order valence-electron chi connectivity index (χ2n) is 7.02. The fourth-order valence-corrected chi connectivity index (χ4v) is 2.70. The van der Waals surface area contributed by atoms with E-state index in [0.29, 0.717) is 18.0 Å². The van der Waals surface area contributed by atoms with E-state index >= 15 is 0 Å². The molecule has 0 aliphatic heterocycles. The average Bonchev–Trinajstić information content (AvgIpc) is 2.84. The summed E-state index contributed by atoms with van der Waals surface area (Å²) in [4.78, 5) is 24.5. The number of anilines is 1. The Kier molecular flexibility index (Phi) is 7.97. The van der Waals surface area contributed by atoms with Crippen molar-refractivity contribution in [1.82, 2.24) is 5.43 Å². The van der Waals surface area contributed by atoms with Crippen molar-refractivity contribution in [3.05, 3.63) is 90.0 Å². The van der Waals surface area contributed by atoms with Crippen LogP contribution < -0.4 is 20.2 Å². The van der Waals surface area contributed by atoms with Gasteiger partial charge in [0, 0.05) is 5.69 Å². The number of hydrogen-bond acceptors (Lipinski definition) is 5. The van der Waals surface area contributed by atoms with Gasteiger partial charge in [-0.2, -0.15) is 5.10 Å². The van der Waals surface area contributed by atoms with Crippen LogP contribution in [0.15, 0.2) is 84.0 Å². The molecule has 0 heterocycles. The van der Waals surface area contributed by atoms with E-state index in [1.165, 1.54) is 13.1 Å². The molecule has 164 valence electrons. The zero-order valence-electron chi connectivity index (χ0n) is 17.9. The van der Waals surface area contributed by atoms with Crippen LogP contribution in [0.4, 0.5) is 5.69 Å². The zero-order valence-corrected chi connectivity index (χ0v) is 17.9. The number of methoxy groups -OCH3 is 1. The number of amides is 2. The van der Waals surface area contributed by atoms with Gasteiger partial charge in [0.25, 0.3) is 5.91 Å². The quantitative estimate of drug-likeness (QED) is 0.304. The normalized spacial score (nSPS) is 11.6. The summed E-state index contributed by atoms with van der Waals surface area (Å²) in [7, 11) is 1.56. The average molecular weight is 431 g/mol. The molecule has 0 spiro atoms. The van der Waals surface area contributed by atoms with Gasteiger partial charge in [0.1, 0.15) is 24.0 Å². The van der Waals surface area contributed by atoms with Gasteiger partial charge in [-0.1, -0.05) is 30.3 Å². The molecule has 0 saturated carbocycles. The molecule has 32 heavy (non-hydrogen) atoms. The Morgan fingerprint density at radius 3 is 2.22 bits per heavy atom. The van der Waals surface area contributed by atoms with Crippen molar-refractivity contribution in [2.75, 3.05) is 12.4 Å². The first-order valence-corrected chi connectivity index (χ1v) is 10.1. The minimum atomic E-state index is -0.914. The number of ether oxygens (including phenoxy) is 2. The maximum absolute atomic E-state index is 12.3. The van der Waals surface area contributed by atoms with E-state index in [2.05, 4.69) is 15.8 Å². The van der Waals surface area contributed by atoms with Crippen molar-refractivity contribution in [3.63, 3.8) is 0 Å². The largest absolute Gasteiger partial charge is 0.497 e. The first-order valence-electron chi connectivity index (χ1n) is 10.1. The Labute approximate surface area is 187 Å². The first kappa shape index (κ1) is 22.6. The monoisotopic (exact) mass is 431 g/mol. The Bertz CT molecular complexity index is 1050. The lowest BCUT2D eigenvalue weighted by Gasteiger charge is -2.11. The van der Waals surface area contributed by atoms with E-state index in [4.69, 9.17) is 9.47 Å². The summed E-state index contributed by atoms with van der Waals surface area (Å²) in [6.07, 6.45) is 1.51. The van der Waals surface area contributed by atoms with Crippen LogP contribution >= 0.6 is 0 Å². The number of carbonyl (C=O) groups excluding carboxylic acids is 2. The van der Waals surface area contributed by atoms with Gasteiger partial charge in [-0.05, 0) is 66.6 Å². The molecule has 2 amide bonds. The maximum Gasteiger partial charge on any atom is 0.252 e. The molecule has 1 atom stereocenters. The van der Waals surface area contributed by atoms with Gasteiger partial charge in [0.15, 0.2) is 0 Å². The minimum absolute atomic E-state index is 0.428. The van der Waals surface area contributed by atoms with Crippen LogP contribution in [0.3, 0.4) is 0 Å². The molecule has 1 unspecified atom stereocenters. The summed E-state index contributed by atoms with van der Waals surface area (Å²) >= 11 is 0. The molecule has 2 N–H and O–H groups in total. The summed E-state index contributed by atoms with van der Waals surface area (Å²) in [6.45, 7) is 2.00. The van der Waals surface area contributed by atoms with Crippen LogP contribution in [0.25, 0.3) is 0 Å². The van der Waals surface area contributed by atoms with Crippen LogP contribution in [-0.2, 0) is 16.2 Å². The van der Waals surface area contributed by atoms with Gasteiger partial charge in [0.2, 0.25) is 5.91 Å². The molecule has 7 heteroatoms. The number of benzene rings is 3. The van der Waals surface area contributed by atoms with Crippen molar-refractivity contribution in [3.8, 4) is 11.5 Å². The Balaban J connectivity index is 1.45. The second kappa shape index (κ2) is 11.3. The summed E-state index contributed by atoms with van der Waals surface area (Å²) < 4.78 is 10.8. The molecule has 0 saturated heterocycles. The molecule has 3 rings (SSSR count). The fourth-order valence-electron chi connectivity index (χ4n) is 2.70. The molecule has 0 fully saturated rings. The number of nitrogens with zero attached hydrogens (tertiary/aromatic N) is 1. The topological polar surface area (TPSA) is 89.0 Å². The summed E-state index contributed by atoms with van der Waals surface area (Å²) in [6, 6.07) is 24.1. The zero-order chi connectivity index (χ0) is 22.8. The molecule has 3 aromatic rings. The van der Waals surface area contributed by atoms with Crippen molar-refractivity contribution < 1.29 is 19.1 Å². The Hall–Kier alpha value is -4.13. The van der Waals surface area contributed by atoms with Crippen molar-refractivity contribution in [2.45, 2.75) is 13.5 Å². The molecule has 0 bridgehead atoms. The number of hydrazone groups is 1. The van der Waals surface area contributed by atoms with Crippen LogP contribution in [0, 0.1) is 5.92 Å². The van der Waals surface area contributed by atoms with Crippen molar-refractivity contribution in [2.24, 2.45) is 11.0 Å². The number of hydrogen-bond donors (Lipinski definition) is 2. The van der Waals surface area contributed by atoms with Crippen LogP contribution in [-0.4, -0.2) is 25.1 Å². The third-order valence-electron chi connectivity index (χ3n) is 4.66. The smallest absolute Gasteiger partial charge is 0.252 e. The van der Waals surface area contributed by atoms with Gasteiger partial charge in [-0.25, -0.2) is 5.43 Å². The predicted molar refractivity (Wildman–Crippen MR) is 124 cm³/mol. The fraction of sp³-hybridized carbons (Fsp3) is 0.160. The molecule has 3 aromatic carbocycles. The maximum atomic E-state index is 12.3. The van der Waals surface area contributed by atoms with E-state index in [1.807, 2.05) is 54.6 Å². The van der Waals surface area contributed by atoms with Gasteiger partial charge in [-0.15, -0.1) is 0 Å². The lowest BCUT2D eigenvalue weighted by molar-refractivity contribution is -0.131. The first-order chi connectivity index (χ1) is 15.5. The molecule has 0 aromatic heterocycles. The highest BCUT2D eigenvalue weighted by Gasteiger charge is 2.21. The Morgan fingerprint density at radius 1 is 0.906 bits per heavy atom. The summed E-state index contributed by atoms with van der Waals surface area (Å²) in [5.41, 5.74) is 4.85. The molecule has 0 radical (unpaired) electrons. The van der Waals surface area contributed by atoms with Gasteiger partial charge in [0.05, 0.1) is 13.3 Å². The molecular formula is C25H25N3O4.